The van der Waals surface area contributed by atoms with Crippen molar-refractivity contribution in [2.45, 2.75) is 26.0 Å². The number of rotatable bonds is 5. The van der Waals surface area contributed by atoms with Crippen LogP contribution < -0.4 is 9.47 Å². The molecule has 0 aliphatic rings. The van der Waals surface area contributed by atoms with Gasteiger partial charge in [-0.1, -0.05) is 0 Å². The van der Waals surface area contributed by atoms with Crippen molar-refractivity contribution in [2.75, 3.05) is 14.2 Å². The molecule has 2 aromatic heterocycles. The van der Waals surface area contributed by atoms with E-state index in [2.05, 4.69) is 10.1 Å². The lowest BCUT2D eigenvalue weighted by Gasteiger charge is -2.19. The van der Waals surface area contributed by atoms with E-state index < -0.39 is 6.10 Å². The second kappa shape index (κ2) is 5.92. The standard InChI is InChI=1S/C14H19N3O3/c1-9(2)17-13(12(20-4)8-16-17)14(18)10-5-6-15-7-11(10)19-3/h5-9,14,18H,1-4H3. The third kappa shape index (κ3) is 2.46. The Kier molecular flexibility index (Phi) is 4.24. The Morgan fingerprint density at radius 2 is 1.85 bits per heavy atom. The number of hydrogen-bond donors (Lipinski definition) is 1. The van der Waals surface area contributed by atoms with E-state index in [0.717, 1.165) is 0 Å². The summed E-state index contributed by atoms with van der Waals surface area (Å²) >= 11 is 0. The fourth-order valence-corrected chi connectivity index (χ4v) is 2.12. The van der Waals surface area contributed by atoms with Crippen LogP contribution >= 0.6 is 0 Å². The third-order valence-electron chi connectivity index (χ3n) is 3.10. The molecule has 0 bridgehead atoms. The largest absolute Gasteiger partial charge is 0.495 e. The van der Waals surface area contributed by atoms with Gasteiger partial charge in [0, 0.05) is 17.8 Å². The summed E-state index contributed by atoms with van der Waals surface area (Å²) in [6, 6.07) is 1.83. The van der Waals surface area contributed by atoms with Gasteiger partial charge in [0.25, 0.3) is 0 Å². The second-order valence-electron chi connectivity index (χ2n) is 4.66. The number of pyridine rings is 1. The zero-order chi connectivity index (χ0) is 14.7. The minimum absolute atomic E-state index is 0.108. The van der Waals surface area contributed by atoms with Crippen molar-refractivity contribution >= 4 is 0 Å². The molecule has 0 radical (unpaired) electrons. The topological polar surface area (TPSA) is 69.4 Å². The van der Waals surface area contributed by atoms with Gasteiger partial charge in [-0.3, -0.25) is 9.67 Å². The number of aliphatic hydroxyl groups is 1. The van der Waals surface area contributed by atoms with Gasteiger partial charge < -0.3 is 14.6 Å². The summed E-state index contributed by atoms with van der Waals surface area (Å²) in [5, 5.41) is 14.9. The smallest absolute Gasteiger partial charge is 0.163 e. The highest BCUT2D eigenvalue weighted by Crippen LogP contribution is 2.35. The van der Waals surface area contributed by atoms with Gasteiger partial charge in [0.2, 0.25) is 0 Å². The number of ether oxygens (including phenoxy) is 2. The van der Waals surface area contributed by atoms with E-state index in [1.165, 1.54) is 0 Å². The van der Waals surface area contributed by atoms with Crippen molar-refractivity contribution in [1.29, 1.82) is 0 Å². The van der Waals surface area contributed by atoms with Crippen LogP contribution in [0.2, 0.25) is 0 Å². The molecule has 1 atom stereocenters. The SMILES string of the molecule is COc1cnccc1C(O)c1c(OC)cnn1C(C)C. The number of hydrogen-bond acceptors (Lipinski definition) is 5. The normalized spacial score (nSPS) is 12.5. The van der Waals surface area contributed by atoms with Gasteiger partial charge in [0.1, 0.15) is 17.5 Å². The summed E-state index contributed by atoms with van der Waals surface area (Å²) in [6.07, 6.45) is 3.89. The predicted molar refractivity (Wildman–Crippen MR) is 74.0 cm³/mol. The molecular weight excluding hydrogens is 258 g/mol. The van der Waals surface area contributed by atoms with Crippen LogP contribution in [0.1, 0.15) is 37.3 Å². The molecule has 0 aromatic carbocycles. The van der Waals surface area contributed by atoms with E-state index >= 15 is 0 Å². The molecule has 0 saturated carbocycles. The van der Waals surface area contributed by atoms with Crippen LogP contribution in [0, 0.1) is 0 Å². The lowest BCUT2D eigenvalue weighted by molar-refractivity contribution is 0.194. The fourth-order valence-electron chi connectivity index (χ4n) is 2.12. The number of aromatic nitrogens is 3. The molecule has 2 aromatic rings. The summed E-state index contributed by atoms with van der Waals surface area (Å²) in [7, 11) is 3.10. The first-order chi connectivity index (χ1) is 9.60. The van der Waals surface area contributed by atoms with E-state index in [9.17, 15) is 5.11 Å². The molecule has 0 spiro atoms. The van der Waals surface area contributed by atoms with Gasteiger partial charge in [-0.2, -0.15) is 5.10 Å². The van der Waals surface area contributed by atoms with Gasteiger partial charge in [-0.25, -0.2) is 0 Å². The van der Waals surface area contributed by atoms with Crippen LogP contribution in [-0.4, -0.2) is 34.1 Å². The Hall–Kier alpha value is -2.08. The summed E-state index contributed by atoms with van der Waals surface area (Å²) in [4.78, 5) is 3.99. The highest BCUT2D eigenvalue weighted by molar-refractivity contribution is 5.40. The number of methoxy groups -OCH3 is 2. The molecule has 0 aliphatic heterocycles. The van der Waals surface area contributed by atoms with Crippen LogP contribution in [0.15, 0.2) is 24.7 Å². The Morgan fingerprint density at radius 1 is 1.15 bits per heavy atom. The quantitative estimate of drug-likeness (QED) is 0.904. The first kappa shape index (κ1) is 14.3. The molecule has 1 unspecified atom stereocenters. The maximum absolute atomic E-state index is 10.7. The van der Waals surface area contributed by atoms with E-state index in [0.29, 0.717) is 22.8 Å². The molecule has 0 fully saturated rings. The number of aliphatic hydroxyl groups excluding tert-OH is 1. The molecule has 0 saturated heterocycles. The molecular formula is C14H19N3O3. The molecule has 0 amide bonds. The van der Waals surface area contributed by atoms with E-state index in [1.54, 1.807) is 43.6 Å². The van der Waals surface area contributed by atoms with Crippen LogP contribution in [0.4, 0.5) is 0 Å². The maximum atomic E-state index is 10.7. The Balaban J connectivity index is 2.52. The monoisotopic (exact) mass is 277 g/mol. The van der Waals surface area contributed by atoms with Crippen LogP contribution in [0.5, 0.6) is 11.5 Å². The maximum Gasteiger partial charge on any atom is 0.163 e. The molecule has 6 nitrogen and oxygen atoms in total. The average Bonchev–Trinajstić information content (AvgIpc) is 2.90. The van der Waals surface area contributed by atoms with Gasteiger partial charge in [0.05, 0.1) is 26.6 Å². The summed E-state index contributed by atoms with van der Waals surface area (Å²) in [6.45, 7) is 3.99. The Labute approximate surface area is 118 Å². The minimum atomic E-state index is -0.896. The molecule has 2 rings (SSSR count). The average molecular weight is 277 g/mol. The summed E-state index contributed by atoms with van der Waals surface area (Å²) in [5.74, 6) is 1.07. The predicted octanol–water partition coefficient (Wildman–Crippen LogP) is 1.96. The molecule has 108 valence electrons. The second-order valence-corrected chi connectivity index (χ2v) is 4.66. The Morgan fingerprint density at radius 3 is 2.45 bits per heavy atom. The van der Waals surface area contributed by atoms with Gasteiger partial charge in [-0.15, -0.1) is 0 Å². The molecule has 1 N–H and O–H groups in total. The number of nitrogens with zero attached hydrogens (tertiary/aromatic N) is 3. The van der Waals surface area contributed by atoms with Crippen LogP contribution in [0.3, 0.4) is 0 Å². The van der Waals surface area contributed by atoms with Gasteiger partial charge in [0.15, 0.2) is 5.75 Å². The molecule has 0 aliphatic carbocycles. The van der Waals surface area contributed by atoms with Crippen LogP contribution in [-0.2, 0) is 0 Å². The zero-order valence-corrected chi connectivity index (χ0v) is 12.1. The van der Waals surface area contributed by atoms with Crippen molar-refractivity contribution in [3.8, 4) is 11.5 Å². The van der Waals surface area contributed by atoms with Crippen molar-refractivity contribution in [1.82, 2.24) is 14.8 Å². The van der Waals surface area contributed by atoms with E-state index in [1.807, 2.05) is 13.8 Å². The van der Waals surface area contributed by atoms with E-state index in [-0.39, 0.29) is 6.04 Å². The highest BCUT2D eigenvalue weighted by Gasteiger charge is 2.25. The molecule has 6 heteroatoms. The fraction of sp³-hybridized carbons (Fsp3) is 0.429. The molecule has 2 heterocycles. The molecule has 20 heavy (non-hydrogen) atoms. The third-order valence-corrected chi connectivity index (χ3v) is 3.10. The highest BCUT2D eigenvalue weighted by atomic mass is 16.5. The summed E-state index contributed by atoms with van der Waals surface area (Å²) in [5.41, 5.74) is 1.23. The lowest BCUT2D eigenvalue weighted by Crippen LogP contribution is -2.13. The Bertz CT molecular complexity index is 581. The first-order valence-electron chi connectivity index (χ1n) is 6.37. The van der Waals surface area contributed by atoms with Crippen molar-refractivity contribution < 1.29 is 14.6 Å². The summed E-state index contributed by atoms with van der Waals surface area (Å²) < 4.78 is 12.3. The van der Waals surface area contributed by atoms with Crippen molar-refractivity contribution in [3.63, 3.8) is 0 Å². The zero-order valence-electron chi connectivity index (χ0n) is 12.1. The van der Waals surface area contributed by atoms with Crippen molar-refractivity contribution in [3.05, 3.63) is 35.9 Å². The lowest BCUT2D eigenvalue weighted by atomic mass is 10.1. The van der Waals surface area contributed by atoms with Gasteiger partial charge >= 0.3 is 0 Å². The first-order valence-corrected chi connectivity index (χ1v) is 6.37. The van der Waals surface area contributed by atoms with E-state index in [4.69, 9.17) is 9.47 Å². The van der Waals surface area contributed by atoms with Crippen LogP contribution in [0.25, 0.3) is 0 Å². The van der Waals surface area contributed by atoms with Crippen molar-refractivity contribution in [2.24, 2.45) is 0 Å². The van der Waals surface area contributed by atoms with Gasteiger partial charge in [-0.05, 0) is 19.9 Å². The minimum Gasteiger partial charge on any atom is -0.495 e.